The van der Waals surface area contributed by atoms with Gasteiger partial charge in [0, 0.05) is 31.0 Å². The van der Waals surface area contributed by atoms with Crippen molar-refractivity contribution >= 4 is 32.8 Å². The van der Waals surface area contributed by atoms with Crippen LogP contribution in [0.1, 0.15) is 26.7 Å². The predicted molar refractivity (Wildman–Crippen MR) is 107 cm³/mol. The molecule has 1 amide bonds. The number of piperidine rings is 1. The molecule has 0 radical (unpaired) electrons. The second kappa shape index (κ2) is 9.15. The summed E-state index contributed by atoms with van der Waals surface area (Å²) in [5.74, 6) is -1.14. The Morgan fingerprint density at radius 1 is 1.36 bits per heavy atom. The second-order valence-electron chi connectivity index (χ2n) is 6.83. The van der Waals surface area contributed by atoms with Crippen LogP contribution in [0.4, 0.5) is 0 Å². The van der Waals surface area contributed by atoms with Crippen LogP contribution in [0.25, 0.3) is 0 Å². The van der Waals surface area contributed by atoms with Crippen LogP contribution in [0.5, 0.6) is 0 Å². The number of allylic oxidation sites excluding steroid dienone is 4. The zero-order valence-electron chi connectivity index (χ0n) is 16.0. The minimum absolute atomic E-state index is 0.0500. The van der Waals surface area contributed by atoms with Crippen LogP contribution in [0.15, 0.2) is 36.1 Å². The highest BCUT2D eigenvalue weighted by Crippen LogP contribution is 2.35. The molecule has 2 rings (SSSR count). The summed E-state index contributed by atoms with van der Waals surface area (Å²) in [6.07, 6.45) is 4.84. The van der Waals surface area contributed by atoms with E-state index in [1.165, 1.54) is 21.4 Å². The summed E-state index contributed by atoms with van der Waals surface area (Å²) in [4.78, 5) is 26.9. The molecule has 10 heteroatoms. The maximum absolute atomic E-state index is 13.0. The van der Waals surface area contributed by atoms with Crippen LogP contribution in [0.3, 0.4) is 0 Å². The van der Waals surface area contributed by atoms with Gasteiger partial charge in [-0.05, 0) is 26.3 Å². The summed E-state index contributed by atoms with van der Waals surface area (Å²) in [6, 6.07) is -0.568. The fraction of sp³-hybridized carbons (Fsp3) is 0.556. The highest BCUT2D eigenvalue weighted by molar-refractivity contribution is 7.91. The normalized spacial score (nSPS) is 29.2. The minimum Gasteiger partial charge on any atom is -0.341 e. The highest BCUT2D eigenvalue weighted by atomic mass is 32.2. The topological polar surface area (TPSA) is 112 Å². The van der Waals surface area contributed by atoms with Gasteiger partial charge in [0.1, 0.15) is 0 Å². The number of amides is 1. The molecule has 2 heterocycles. The average Bonchev–Trinajstić information content (AvgIpc) is 2.62. The molecule has 3 atom stereocenters. The summed E-state index contributed by atoms with van der Waals surface area (Å²) in [5.41, 5.74) is 0.654. The largest absolute Gasteiger partial charge is 0.341 e. The first-order valence-electron chi connectivity index (χ1n) is 9.05. The lowest BCUT2D eigenvalue weighted by Gasteiger charge is -2.40. The predicted octanol–water partition coefficient (Wildman–Crippen LogP) is 1.07. The van der Waals surface area contributed by atoms with E-state index in [4.69, 9.17) is 0 Å². The molecule has 28 heavy (non-hydrogen) atoms. The van der Waals surface area contributed by atoms with Gasteiger partial charge in [-0.2, -0.15) is 0 Å². The molecule has 0 bridgehead atoms. The number of Topliss-reactive ketones (excluding diaryl/α,β-unsaturated/α-hetero) is 1. The van der Waals surface area contributed by atoms with Gasteiger partial charge in [-0.1, -0.05) is 18.7 Å². The molecule has 0 aromatic rings. The van der Waals surface area contributed by atoms with Gasteiger partial charge in [0.25, 0.3) is 11.3 Å². The standard InChI is InChI=1S/C18H26N2O6S2/c1-4-6-15-16(5-2)20(27(23)24)13(3)14(18(15)22)7-8-17(21)19-9-11-28(25,26)12-10-19/h4-6,13-14H,1,7-12H2,2-3H3,(H,23,24)/b15-6+,16-5+/t13-,14?/m1/s1. The van der Waals surface area contributed by atoms with Crippen LogP contribution in [0, 0.1) is 5.92 Å². The molecule has 2 unspecified atom stereocenters. The zero-order valence-corrected chi connectivity index (χ0v) is 17.7. The lowest BCUT2D eigenvalue weighted by molar-refractivity contribution is -0.131. The van der Waals surface area contributed by atoms with Crippen molar-refractivity contribution in [2.75, 3.05) is 24.6 Å². The van der Waals surface area contributed by atoms with Crippen molar-refractivity contribution in [3.05, 3.63) is 36.1 Å². The fourth-order valence-electron chi connectivity index (χ4n) is 3.61. The number of rotatable bonds is 5. The summed E-state index contributed by atoms with van der Waals surface area (Å²) < 4.78 is 45.9. The first-order chi connectivity index (χ1) is 13.1. The van der Waals surface area contributed by atoms with Gasteiger partial charge < -0.3 is 4.90 Å². The smallest absolute Gasteiger partial charge is 0.262 e. The van der Waals surface area contributed by atoms with E-state index in [9.17, 15) is 26.8 Å². The fourth-order valence-corrected chi connectivity index (χ4v) is 5.62. The Bertz CT molecular complexity index is 832. The molecule has 2 aliphatic heterocycles. The third-order valence-electron chi connectivity index (χ3n) is 5.16. The van der Waals surface area contributed by atoms with E-state index in [0.29, 0.717) is 11.3 Å². The molecular formula is C18H26N2O6S2. The number of hydrogen-bond donors (Lipinski definition) is 1. The number of sulfone groups is 1. The third kappa shape index (κ3) is 4.79. The van der Waals surface area contributed by atoms with Gasteiger partial charge in [0.15, 0.2) is 15.6 Å². The van der Waals surface area contributed by atoms with Crippen LogP contribution in [-0.4, -0.2) is 68.7 Å². The summed E-state index contributed by atoms with van der Waals surface area (Å²) in [5, 5.41) is 0. The molecule has 2 aliphatic rings. The van der Waals surface area contributed by atoms with Crippen LogP contribution >= 0.6 is 0 Å². The molecule has 156 valence electrons. The molecule has 8 nitrogen and oxygen atoms in total. The lowest BCUT2D eigenvalue weighted by Crippen LogP contribution is -2.49. The Balaban J connectivity index is 2.16. The van der Waals surface area contributed by atoms with Crippen molar-refractivity contribution in [2.24, 2.45) is 5.92 Å². The molecule has 0 spiro atoms. The molecule has 2 saturated heterocycles. The van der Waals surface area contributed by atoms with Gasteiger partial charge >= 0.3 is 0 Å². The van der Waals surface area contributed by atoms with Crippen molar-refractivity contribution in [2.45, 2.75) is 32.7 Å². The van der Waals surface area contributed by atoms with E-state index in [1.807, 2.05) is 0 Å². The average molecular weight is 431 g/mol. The monoisotopic (exact) mass is 430 g/mol. The Kier molecular flexibility index (Phi) is 7.35. The molecule has 0 aromatic heterocycles. The van der Waals surface area contributed by atoms with Gasteiger partial charge in [-0.25, -0.2) is 12.6 Å². The van der Waals surface area contributed by atoms with Crippen LogP contribution in [-0.2, 0) is 30.7 Å². The van der Waals surface area contributed by atoms with E-state index in [2.05, 4.69) is 6.58 Å². The number of ketones is 1. The van der Waals surface area contributed by atoms with Gasteiger partial charge in [-0.15, -0.1) is 0 Å². The summed E-state index contributed by atoms with van der Waals surface area (Å²) in [7, 11) is -3.08. The van der Waals surface area contributed by atoms with E-state index in [-0.39, 0.29) is 49.1 Å². The quantitative estimate of drug-likeness (QED) is 0.516. The van der Waals surface area contributed by atoms with E-state index in [1.54, 1.807) is 19.9 Å². The Hall–Kier alpha value is -1.78. The van der Waals surface area contributed by atoms with Gasteiger partial charge in [0.2, 0.25) is 5.91 Å². The van der Waals surface area contributed by atoms with Crippen LogP contribution in [0.2, 0.25) is 0 Å². The van der Waals surface area contributed by atoms with Gasteiger partial charge in [0.05, 0.1) is 23.2 Å². The maximum atomic E-state index is 13.0. The third-order valence-corrected chi connectivity index (χ3v) is 7.64. The Labute approximate surface area is 168 Å². The molecule has 2 fully saturated rings. The summed E-state index contributed by atoms with van der Waals surface area (Å²) in [6.45, 7) is 7.28. The van der Waals surface area contributed by atoms with Crippen molar-refractivity contribution in [3.63, 3.8) is 0 Å². The molecule has 0 saturated carbocycles. The van der Waals surface area contributed by atoms with E-state index >= 15 is 0 Å². The van der Waals surface area contributed by atoms with Gasteiger partial charge in [-0.3, -0.25) is 18.4 Å². The number of carbonyl (C=O) groups is 2. The molecule has 1 N–H and O–H groups in total. The van der Waals surface area contributed by atoms with Crippen molar-refractivity contribution < 1.29 is 26.8 Å². The molecule has 0 aliphatic carbocycles. The van der Waals surface area contributed by atoms with Crippen molar-refractivity contribution in [1.82, 2.24) is 9.21 Å². The van der Waals surface area contributed by atoms with E-state index in [0.717, 1.165) is 0 Å². The minimum atomic E-state index is -3.08. The van der Waals surface area contributed by atoms with Crippen molar-refractivity contribution in [1.29, 1.82) is 0 Å². The van der Waals surface area contributed by atoms with E-state index < -0.39 is 33.1 Å². The Morgan fingerprint density at radius 2 is 1.96 bits per heavy atom. The first kappa shape index (κ1) is 22.5. The second-order valence-corrected chi connectivity index (χ2v) is 9.99. The first-order valence-corrected chi connectivity index (χ1v) is 11.9. The number of nitrogens with zero attached hydrogens (tertiary/aromatic N) is 2. The maximum Gasteiger partial charge on any atom is 0.262 e. The zero-order chi connectivity index (χ0) is 21.1. The van der Waals surface area contributed by atoms with Crippen LogP contribution < -0.4 is 0 Å². The Morgan fingerprint density at radius 3 is 2.46 bits per heavy atom. The number of carbonyl (C=O) groups excluding carboxylic acids is 2. The highest BCUT2D eigenvalue weighted by Gasteiger charge is 2.42. The lowest BCUT2D eigenvalue weighted by atomic mass is 9.82. The SMILES string of the molecule is C=C/C=C1/C(=O)C(CCC(=O)N2CCS(=O)(=O)CC2)[C@@H](C)N(S(=O)O)/C1=C/C. The number of hydrogen-bond acceptors (Lipinski definition) is 5. The molecular weight excluding hydrogens is 404 g/mol. The van der Waals surface area contributed by atoms with Crippen molar-refractivity contribution in [3.8, 4) is 0 Å². The summed E-state index contributed by atoms with van der Waals surface area (Å²) >= 11 is -2.32. The molecule has 0 aromatic carbocycles.